The number of benzene rings is 4. The SMILES string of the molecule is CCOC(=O)c1ccc(NC(=O)C(CC)Sc2cccc(NC(=O)/C(=C\c3cc(OC)ccc3OC)NC(=O)c3ccccc3)c2)cc1. The first-order valence-corrected chi connectivity index (χ1v) is 16.1. The molecule has 10 nitrogen and oxygen atoms in total. The molecule has 0 aromatic heterocycles. The van der Waals surface area contributed by atoms with E-state index < -0.39 is 23.0 Å². The highest BCUT2D eigenvalue weighted by Gasteiger charge is 2.20. The molecule has 0 aliphatic heterocycles. The lowest BCUT2D eigenvalue weighted by atomic mass is 10.1. The van der Waals surface area contributed by atoms with Crippen LogP contribution in [0.4, 0.5) is 11.4 Å². The number of hydrogen-bond donors (Lipinski definition) is 3. The molecule has 4 aromatic rings. The van der Waals surface area contributed by atoms with Crippen LogP contribution in [-0.4, -0.2) is 49.8 Å². The molecule has 248 valence electrons. The van der Waals surface area contributed by atoms with Gasteiger partial charge in [0.05, 0.1) is 31.6 Å². The zero-order chi connectivity index (χ0) is 34.5. The van der Waals surface area contributed by atoms with Gasteiger partial charge in [-0.2, -0.15) is 0 Å². The quantitative estimate of drug-likeness (QED) is 0.0760. The number of hydrogen-bond acceptors (Lipinski definition) is 8. The number of thioether (sulfide) groups is 1. The maximum absolute atomic E-state index is 13.7. The van der Waals surface area contributed by atoms with Crippen molar-refractivity contribution in [1.82, 2.24) is 5.32 Å². The van der Waals surface area contributed by atoms with Crippen LogP contribution in [0.2, 0.25) is 0 Å². The van der Waals surface area contributed by atoms with Crippen LogP contribution in [0.25, 0.3) is 6.08 Å². The van der Waals surface area contributed by atoms with Crippen LogP contribution in [0.3, 0.4) is 0 Å². The van der Waals surface area contributed by atoms with E-state index in [1.165, 1.54) is 32.1 Å². The average molecular weight is 668 g/mol. The second kappa shape index (κ2) is 17.4. The van der Waals surface area contributed by atoms with E-state index in [2.05, 4.69) is 16.0 Å². The Labute approximate surface area is 283 Å². The zero-order valence-electron chi connectivity index (χ0n) is 27.1. The van der Waals surface area contributed by atoms with E-state index in [4.69, 9.17) is 14.2 Å². The molecule has 1 unspecified atom stereocenters. The lowest BCUT2D eigenvalue weighted by molar-refractivity contribution is -0.116. The second-order valence-electron chi connectivity index (χ2n) is 10.3. The van der Waals surface area contributed by atoms with Crippen molar-refractivity contribution in [3.63, 3.8) is 0 Å². The van der Waals surface area contributed by atoms with Gasteiger partial charge >= 0.3 is 5.97 Å². The lowest BCUT2D eigenvalue weighted by Gasteiger charge is -2.16. The molecule has 3 N–H and O–H groups in total. The number of amides is 3. The van der Waals surface area contributed by atoms with Crippen molar-refractivity contribution < 1.29 is 33.4 Å². The molecule has 0 bridgehead atoms. The minimum Gasteiger partial charge on any atom is -0.497 e. The Morgan fingerprint density at radius 2 is 1.52 bits per heavy atom. The van der Waals surface area contributed by atoms with E-state index in [1.807, 2.05) is 13.0 Å². The fraction of sp³-hybridized carbons (Fsp3) is 0.189. The Morgan fingerprint density at radius 1 is 0.771 bits per heavy atom. The van der Waals surface area contributed by atoms with E-state index in [0.717, 1.165) is 4.90 Å². The van der Waals surface area contributed by atoms with Gasteiger partial charge in [0.15, 0.2) is 0 Å². The summed E-state index contributed by atoms with van der Waals surface area (Å²) in [7, 11) is 3.04. The van der Waals surface area contributed by atoms with Gasteiger partial charge < -0.3 is 30.2 Å². The van der Waals surface area contributed by atoms with Crippen molar-refractivity contribution in [2.75, 3.05) is 31.5 Å². The number of anilines is 2. The molecule has 4 rings (SSSR count). The number of methoxy groups -OCH3 is 2. The third-order valence-corrected chi connectivity index (χ3v) is 8.32. The normalized spacial score (nSPS) is 11.5. The molecule has 0 aliphatic carbocycles. The molecule has 48 heavy (non-hydrogen) atoms. The Balaban J connectivity index is 1.51. The van der Waals surface area contributed by atoms with Crippen LogP contribution in [0.15, 0.2) is 108 Å². The first-order chi connectivity index (χ1) is 23.2. The number of ether oxygens (including phenoxy) is 3. The molecular weight excluding hydrogens is 630 g/mol. The van der Waals surface area contributed by atoms with Crippen molar-refractivity contribution in [2.45, 2.75) is 30.4 Å². The molecule has 4 aromatic carbocycles. The first-order valence-electron chi connectivity index (χ1n) is 15.2. The minimum absolute atomic E-state index is 0.0201. The molecular formula is C37H37N3O7S. The summed E-state index contributed by atoms with van der Waals surface area (Å²) in [6.45, 7) is 3.92. The Bertz CT molecular complexity index is 1780. The van der Waals surface area contributed by atoms with Crippen molar-refractivity contribution in [2.24, 2.45) is 0 Å². The van der Waals surface area contributed by atoms with E-state index in [0.29, 0.717) is 46.0 Å². The van der Waals surface area contributed by atoms with Crippen LogP contribution in [0.1, 0.15) is 46.5 Å². The maximum Gasteiger partial charge on any atom is 0.338 e. The third kappa shape index (κ3) is 9.73. The Kier molecular flexibility index (Phi) is 12.8. The standard InChI is InChI=1S/C37H37N3O7S/c1-5-33(36(43)38-27-17-15-25(16-18-27)37(44)47-6-2)48-30-14-10-13-28(23-30)39-35(42)31(40-34(41)24-11-8-7-9-12-24)22-26-21-29(45-3)19-20-32(26)46-4/h7-23,33H,5-6H2,1-4H3,(H,38,43)(H,39,42)(H,40,41)/b31-22+. The first kappa shape index (κ1) is 35.3. The summed E-state index contributed by atoms with van der Waals surface area (Å²) < 4.78 is 15.8. The number of rotatable bonds is 14. The van der Waals surface area contributed by atoms with Gasteiger partial charge in [-0.25, -0.2) is 4.79 Å². The van der Waals surface area contributed by atoms with E-state index in [1.54, 1.807) is 97.9 Å². The van der Waals surface area contributed by atoms with Crippen LogP contribution >= 0.6 is 11.8 Å². The molecule has 3 amide bonds. The van der Waals surface area contributed by atoms with Gasteiger partial charge in [-0.1, -0.05) is 31.2 Å². The van der Waals surface area contributed by atoms with Gasteiger partial charge in [0.25, 0.3) is 11.8 Å². The Morgan fingerprint density at radius 3 is 2.19 bits per heavy atom. The van der Waals surface area contributed by atoms with Crippen LogP contribution in [-0.2, 0) is 14.3 Å². The topological polar surface area (TPSA) is 132 Å². The van der Waals surface area contributed by atoms with Crippen LogP contribution in [0.5, 0.6) is 11.5 Å². The average Bonchev–Trinajstić information content (AvgIpc) is 3.11. The highest BCUT2D eigenvalue weighted by Crippen LogP contribution is 2.30. The number of carbonyl (C=O) groups excluding carboxylic acids is 4. The molecule has 0 fully saturated rings. The van der Waals surface area contributed by atoms with Gasteiger partial charge in [-0.05, 0) is 92.2 Å². The fourth-order valence-electron chi connectivity index (χ4n) is 4.51. The summed E-state index contributed by atoms with van der Waals surface area (Å²) in [5, 5.41) is 8.05. The van der Waals surface area contributed by atoms with Gasteiger partial charge in [0, 0.05) is 27.4 Å². The molecule has 0 heterocycles. The van der Waals surface area contributed by atoms with Gasteiger partial charge in [-0.3, -0.25) is 14.4 Å². The summed E-state index contributed by atoms with van der Waals surface area (Å²) in [6, 6.07) is 27.3. The summed E-state index contributed by atoms with van der Waals surface area (Å²) in [6.07, 6.45) is 2.06. The summed E-state index contributed by atoms with van der Waals surface area (Å²) in [4.78, 5) is 52.6. The largest absolute Gasteiger partial charge is 0.497 e. The van der Waals surface area contributed by atoms with Gasteiger partial charge in [-0.15, -0.1) is 11.8 Å². The number of carbonyl (C=O) groups is 4. The molecule has 0 saturated carbocycles. The smallest absolute Gasteiger partial charge is 0.338 e. The molecule has 0 spiro atoms. The predicted octanol–water partition coefficient (Wildman–Crippen LogP) is 6.80. The summed E-state index contributed by atoms with van der Waals surface area (Å²) in [5.74, 6) is -0.637. The molecule has 1 atom stereocenters. The number of esters is 1. The van der Waals surface area contributed by atoms with Crippen LogP contribution in [0, 0.1) is 0 Å². The van der Waals surface area contributed by atoms with E-state index >= 15 is 0 Å². The second-order valence-corrected chi connectivity index (χ2v) is 11.5. The van der Waals surface area contributed by atoms with E-state index in [9.17, 15) is 19.2 Å². The minimum atomic E-state index is -0.567. The van der Waals surface area contributed by atoms with Gasteiger partial charge in [0.1, 0.15) is 17.2 Å². The predicted molar refractivity (Wildman–Crippen MR) is 187 cm³/mol. The molecule has 0 radical (unpaired) electrons. The van der Waals surface area contributed by atoms with Gasteiger partial charge in [0.2, 0.25) is 5.91 Å². The van der Waals surface area contributed by atoms with Crippen molar-refractivity contribution >= 4 is 52.9 Å². The lowest BCUT2D eigenvalue weighted by Crippen LogP contribution is -2.30. The molecule has 0 aliphatic rings. The fourth-order valence-corrected chi connectivity index (χ4v) is 5.52. The highest BCUT2D eigenvalue weighted by atomic mass is 32.2. The van der Waals surface area contributed by atoms with Crippen molar-refractivity contribution in [3.8, 4) is 11.5 Å². The number of nitrogens with one attached hydrogen (secondary N) is 3. The molecule has 11 heteroatoms. The van der Waals surface area contributed by atoms with E-state index in [-0.39, 0.29) is 18.2 Å². The third-order valence-electron chi connectivity index (χ3n) is 6.96. The van der Waals surface area contributed by atoms with Crippen molar-refractivity contribution in [3.05, 3.63) is 119 Å². The monoisotopic (exact) mass is 667 g/mol. The molecule has 0 saturated heterocycles. The summed E-state index contributed by atoms with van der Waals surface area (Å²) in [5.41, 5.74) is 2.30. The summed E-state index contributed by atoms with van der Waals surface area (Å²) >= 11 is 1.35. The Hall–Kier alpha value is -5.55. The van der Waals surface area contributed by atoms with Crippen LogP contribution < -0.4 is 25.4 Å². The maximum atomic E-state index is 13.7. The zero-order valence-corrected chi connectivity index (χ0v) is 27.9. The van der Waals surface area contributed by atoms with Crippen molar-refractivity contribution in [1.29, 1.82) is 0 Å². The highest BCUT2D eigenvalue weighted by molar-refractivity contribution is 8.00.